The van der Waals surface area contributed by atoms with Gasteiger partial charge >= 0.3 is 0 Å². The lowest BCUT2D eigenvalue weighted by Gasteiger charge is -2.13. The number of aryl methyl sites for hydroxylation is 1. The van der Waals surface area contributed by atoms with Crippen molar-refractivity contribution in [1.82, 2.24) is 0 Å². The number of nitrogens with two attached hydrogens (primary N) is 1. The average Bonchev–Trinajstić information content (AvgIpc) is 2.35. The molecule has 0 saturated heterocycles. The van der Waals surface area contributed by atoms with Gasteiger partial charge in [-0.1, -0.05) is 6.07 Å². The molecule has 1 aromatic carbocycles. The number of methoxy groups -OCH3 is 1. The van der Waals surface area contributed by atoms with Crippen LogP contribution in [0.4, 0.5) is 11.4 Å². The molecule has 0 heterocycles. The molecule has 0 radical (unpaired) electrons. The Morgan fingerprint density at radius 2 is 2.06 bits per heavy atom. The number of amides is 1. The van der Waals surface area contributed by atoms with Gasteiger partial charge in [-0.3, -0.25) is 4.79 Å². The zero-order valence-electron chi connectivity index (χ0n) is 11.1. The Kier molecular flexibility index (Phi) is 5.61. The average molecular weight is 252 g/mol. The molecule has 0 aromatic heterocycles. The summed E-state index contributed by atoms with van der Waals surface area (Å²) in [6, 6.07) is 3.71. The minimum atomic E-state index is -0.216. The van der Waals surface area contributed by atoms with Gasteiger partial charge in [0, 0.05) is 7.11 Å². The first-order chi connectivity index (χ1) is 8.56. The zero-order valence-corrected chi connectivity index (χ0v) is 11.1. The number of benzene rings is 1. The Morgan fingerprint density at radius 3 is 2.72 bits per heavy atom. The van der Waals surface area contributed by atoms with Gasteiger partial charge in [-0.25, -0.2) is 0 Å². The number of carbonyl (C=O) groups is 1. The van der Waals surface area contributed by atoms with Crippen molar-refractivity contribution in [1.29, 1.82) is 0 Å². The van der Waals surface area contributed by atoms with E-state index in [4.69, 9.17) is 15.2 Å². The summed E-state index contributed by atoms with van der Waals surface area (Å²) in [4.78, 5) is 11.7. The van der Waals surface area contributed by atoms with E-state index in [1.807, 2.05) is 19.9 Å². The quantitative estimate of drug-likeness (QED) is 0.594. The van der Waals surface area contributed by atoms with Crippen molar-refractivity contribution in [3.8, 4) is 0 Å². The summed E-state index contributed by atoms with van der Waals surface area (Å²) in [6.07, 6.45) is 0. The smallest absolute Gasteiger partial charge is 0.250 e. The largest absolute Gasteiger partial charge is 0.397 e. The van der Waals surface area contributed by atoms with Gasteiger partial charge in [0.1, 0.15) is 6.61 Å². The molecular weight excluding hydrogens is 232 g/mol. The molecule has 0 bridgehead atoms. The van der Waals surface area contributed by atoms with Crippen LogP contribution < -0.4 is 11.1 Å². The van der Waals surface area contributed by atoms with E-state index in [0.717, 1.165) is 11.1 Å². The Labute approximate surface area is 107 Å². The molecule has 0 saturated carbocycles. The number of ether oxygens (including phenoxy) is 2. The van der Waals surface area contributed by atoms with E-state index in [1.165, 1.54) is 0 Å². The normalized spacial score (nSPS) is 10.4. The van der Waals surface area contributed by atoms with Crippen molar-refractivity contribution >= 4 is 17.3 Å². The molecule has 1 rings (SSSR count). The highest BCUT2D eigenvalue weighted by atomic mass is 16.5. The summed E-state index contributed by atoms with van der Waals surface area (Å²) in [5.74, 6) is -0.216. The molecule has 0 aliphatic carbocycles. The van der Waals surface area contributed by atoms with Crippen LogP contribution in [0.25, 0.3) is 0 Å². The Morgan fingerprint density at radius 1 is 1.33 bits per heavy atom. The molecule has 100 valence electrons. The lowest BCUT2D eigenvalue weighted by molar-refractivity contribution is -0.121. The van der Waals surface area contributed by atoms with Gasteiger partial charge < -0.3 is 20.5 Å². The molecule has 0 fully saturated rings. The summed E-state index contributed by atoms with van der Waals surface area (Å²) in [5, 5.41) is 2.77. The molecule has 1 aromatic rings. The van der Waals surface area contributed by atoms with Gasteiger partial charge in [0.15, 0.2) is 0 Å². The number of rotatable bonds is 6. The van der Waals surface area contributed by atoms with E-state index in [9.17, 15) is 4.79 Å². The lowest BCUT2D eigenvalue weighted by Crippen LogP contribution is -2.21. The van der Waals surface area contributed by atoms with Crippen LogP contribution >= 0.6 is 0 Å². The highest BCUT2D eigenvalue weighted by molar-refractivity contribution is 5.95. The van der Waals surface area contributed by atoms with E-state index < -0.39 is 0 Å². The molecule has 0 aliphatic rings. The molecule has 0 atom stereocenters. The van der Waals surface area contributed by atoms with Crippen molar-refractivity contribution < 1.29 is 14.3 Å². The van der Waals surface area contributed by atoms with Crippen LogP contribution in [-0.2, 0) is 14.3 Å². The Hall–Kier alpha value is -1.59. The maximum atomic E-state index is 11.7. The van der Waals surface area contributed by atoms with Gasteiger partial charge in [-0.05, 0) is 31.0 Å². The second kappa shape index (κ2) is 6.98. The number of anilines is 2. The Bertz CT molecular complexity index is 419. The monoisotopic (exact) mass is 252 g/mol. The highest BCUT2D eigenvalue weighted by Crippen LogP contribution is 2.25. The molecule has 0 aliphatic heterocycles. The van der Waals surface area contributed by atoms with Gasteiger partial charge in [-0.2, -0.15) is 0 Å². The van der Waals surface area contributed by atoms with Crippen molar-refractivity contribution in [3.05, 3.63) is 23.3 Å². The topological polar surface area (TPSA) is 73.6 Å². The van der Waals surface area contributed by atoms with Crippen LogP contribution in [0.2, 0.25) is 0 Å². The third kappa shape index (κ3) is 4.01. The number of hydrogen-bond donors (Lipinski definition) is 2. The van der Waals surface area contributed by atoms with Crippen LogP contribution in [0.3, 0.4) is 0 Å². The van der Waals surface area contributed by atoms with Gasteiger partial charge in [0.2, 0.25) is 5.91 Å². The molecule has 18 heavy (non-hydrogen) atoms. The first kappa shape index (κ1) is 14.5. The number of hydrogen-bond acceptors (Lipinski definition) is 4. The van der Waals surface area contributed by atoms with Crippen LogP contribution in [0.1, 0.15) is 11.1 Å². The lowest BCUT2D eigenvalue weighted by atomic mass is 10.1. The molecule has 0 spiro atoms. The molecule has 5 heteroatoms. The van der Waals surface area contributed by atoms with Crippen LogP contribution in [-0.4, -0.2) is 32.8 Å². The fraction of sp³-hybridized carbons (Fsp3) is 0.462. The second-order valence-electron chi connectivity index (χ2n) is 4.07. The zero-order chi connectivity index (χ0) is 13.5. The predicted octanol–water partition coefficient (Wildman–Crippen LogP) is 1.49. The SMILES string of the molecule is COCCOCC(=O)Nc1c(N)ccc(C)c1C. The Balaban J connectivity index is 2.57. The molecule has 1 amide bonds. The summed E-state index contributed by atoms with van der Waals surface area (Å²) >= 11 is 0. The number of carbonyl (C=O) groups excluding carboxylic acids is 1. The molecule has 0 unspecified atom stereocenters. The summed E-state index contributed by atoms with van der Waals surface area (Å²) in [7, 11) is 1.58. The van der Waals surface area contributed by atoms with E-state index >= 15 is 0 Å². The van der Waals surface area contributed by atoms with Crippen molar-refractivity contribution in [2.45, 2.75) is 13.8 Å². The fourth-order valence-corrected chi connectivity index (χ4v) is 1.49. The summed E-state index contributed by atoms with van der Waals surface area (Å²) < 4.78 is 9.96. The summed E-state index contributed by atoms with van der Waals surface area (Å²) in [5.41, 5.74) is 9.12. The van der Waals surface area contributed by atoms with Crippen molar-refractivity contribution in [2.24, 2.45) is 0 Å². The molecule has 5 nitrogen and oxygen atoms in total. The third-order valence-corrected chi connectivity index (χ3v) is 2.70. The number of nitrogens with one attached hydrogen (secondary N) is 1. The highest BCUT2D eigenvalue weighted by Gasteiger charge is 2.09. The molecular formula is C13H20N2O3. The molecule has 3 N–H and O–H groups in total. The van der Waals surface area contributed by atoms with Crippen molar-refractivity contribution in [2.75, 3.05) is 38.0 Å². The second-order valence-corrected chi connectivity index (χ2v) is 4.07. The van der Waals surface area contributed by atoms with Gasteiger partial charge in [0.25, 0.3) is 0 Å². The minimum Gasteiger partial charge on any atom is -0.397 e. The maximum absolute atomic E-state index is 11.7. The third-order valence-electron chi connectivity index (χ3n) is 2.70. The van der Waals surface area contributed by atoms with Crippen molar-refractivity contribution in [3.63, 3.8) is 0 Å². The standard InChI is InChI=1S/C13H20N2O3/c1-9-4-5-11(14)13(10(9)2)15-12(16)8-18-7-6-17-3/h4-5H,6-8,14H2,1-3H3,(H,15,16). The van der Waals surface area contributed by atoms with Crippen LogP contribution in [0.15, 0.2) is 12.1 Å². The van der Waals surface area contributed by atoms with E-state index in [0.29, 0.717) is 24.6 Å². The van der Waals surface area contributed by atoms with E-state index in [-0.39, 0.29) is 12.5 Å². The minimum absolute atomic E-state index is 0.00379. The predicted molar refractivity (Wildman–Crippen MR) is 71.7 cm³/mol. The first-order valence-electron chi connectivity index (χ1n) is 5.78. The fourth-order valence-electron chi connectivity index (χ4n) is 1.49. The van der Waals surface area contributed by atoms with E-state index in [2.05, 4.69) is 5.32 Å². The van der Waals surface area contributed by atoms with Gasteiger partial charge in [0.05, 0.1) is 24.6 Å². The van der Waals surface area contributed by atoms with Gasteiger partial charge in [-0.15, -0.1) is 0 Å². The van der Waals surface area contributed by atoms with Crippen LogP contribution in [0.5, 0.6) is 0 Å². The summed E-state index contributed by atoms with van der Waals surface area (Å²) in [6.45, 7) is 4.76. The first-order valence-corrected chi connectivity index (χ1v) is 5.78. The van der Waals surface area contributed by atoms with E-state index in [1.54, 1.807) is 13.2 Å². The number of nitrogen functional groups attached to an aromatic ring is 1. The van der Waals surface area contributed by atoms with Crippen LogP contribution in [0, 0.1) is 13.8 Å². The maximum Gasteiger partial charge on any atom is 0.250 e.